The van der Waals surface area contributed by atoms with Gasteiger partial charge in [0.25, 0.3) is 0 Å². The van der Waals surface area contributed by atoms with Crippen LogP contribution in [-0.4, -0.2) is 31.2 Å². The van der Waals surface area contributed by atoms with Gasteiger partial charge in [0, 0.05) is 5.92 Å². The third kappa shape index (κ3) is 2.10. The van der Waals surface area contributed by atoms with Crippen LogP contribution in [0.2, 0.25) is 0 Å². The molecule has 6 nitrogen and oxygen atoms in total. The van der Waals surface area contributed by atoms with Crippen LogP contribution in [0, 0.1) is 0 Å². The first-order valence-electron chi connectivity index (χ1n) is 6.09. The summed E-state index contributed by atoms with van der Waals surface area (Å²) in [5, 5.41) is 26.3. The van der Waals surface area contributed by atoms with E-state index in [0.717, 1.165) is 18.5 Å². The lowest BCUT2D eigenvalue weighted by Crippen LogP contribution is -2.05. The van der Waals surface area contributed by atoms with Crippen molar-refractivity contribution < 1.29 is 15.0 Å². The Balaban J connectivity index is 2.09. The van der Waals surface area contributed by atoms with E-state index in [9.17, 15) is 9.90 Å². The highest BCUT2D eigenvalue weighted by Crippen LogP contribution is 2.41. The van der Waals surface area contributed by atoms with Crippen LogP contribution >= 0.6 is 0 Å². The van der Waals surface area contributed by atoms with E-state index in [1.807, 2.05) is 0 Å². The molecule has 0 spiro atoms. The summed E-state index contributed by atoms with van der Waals surface area (Å²) < 4.78 is 1.63. The zero-order chi connectivity index (χ0) is 13.4. The molecule has 1 heterocycles. The third-order valence-corrected chi connectivity index (χ3v) is 3.23. The van der Waals surface area contributed by atoms with Crippen LogP contribution in [0.1, 0.15) is 40.5 Å². The summed E-state index contributed by atoms with van der Waals surface area (Å²) >= 11 is 0. The number of carboxylic acid groups (broad SMARTS) is 1. The Labute approximate surface area is 109 Å². The molecule has 19 heavy (non-hydrogen) atoms. The van der Waals surface area contributed by atoms with Gasteiger partial charge in [0.2, 0.25) is 0 Å². The molecule has 98 valence electrons. The van der Waals surface area contributed by atoms with Gasteiger partial charge in [-0.1, -0.05) is 11.3 Å². The van der Waals surface area contributed by atoms with Crippen molar-refractivity contribution >= 4 is 5.97 Å². The minimum Gasteiger partial charge on any atom is -0.478 e. The standard InChI is InChI=1S/C13H13N3O3/c17-7-11-12(8-4-5-8)16(15-14-11)10-3-1-2-9(6-10)13(18)19/h1-3,6,8,17H,4-5,7H2,(H,18,19). The minimum absolute atomic E-state index is 0.148. The van der Waals surface area contributed by atoms with Crippen LogP contribution in [0.15, 0.2) is 24.3 Å². The topological polar surface area (TPSA) is 88.2 Å². The van der Waals surface area contributed by atoms with Crippen molar-refractivity contribution in [1.82, 2.24) is 15.0 Å². The Morgan fingerprint density at radius 1 is 1.42 bits per heavy atom. The van der Waals surface area contributed by atoms with Gasteiger partial charge >= 0.3 is 5.97 Å². The Morgan fingerprint density at radius 2 is 2.21 bits per heavy atom. The van der Waals surface area contributed by atoms with Gasteiger partial charge in [0.15, 0.2) is 0 Å². The first kappa shape index (κ1) is 11.9. The fourth-order valence-electron chi connectivity index (χ4n) is 2.16. The fourth-order valence-corrected chi connectivity index (χ4v) is 2.16. The Bertz CT molecular complexity index is 632. The number of aromatic carboxylic acids is 1. The maximum Gasteiger partial charge on any atom is 0.335 e. The lowest BCUT2D eigenvalue weighted by Gasteiger charge is -2.07. The number of nitrogens with zero attached hydrogens (tertiary/aromatic N) is 3. The average Bonchev–Trinajstić information content (AvgIpc) is 3.17. The highest BCUT2D eigenvalue weighted by molar-refractivity contribution is 5.88. The van der Waals surface area contributed by atoms with Crippen LogP contribution in [0.3, 0.4) is 0 Å². The molecule has 0 saturated heterocycles. The molecule has 1 fully saturated rings. The van der Waals surface area contributed by atoms with E-state index in [1.54, 1.807) is 22.9 Å². The first-order chi connectivity index (χ1) is 9.20. The van der Waals surface area contributed by atoms with Gasteiger partial charge in [-0.15, -0.1) is 5.10 Å². The summed E-state index contributed by atoms with van der Waals surface area (Å²) in [6.45, 7) is -0.148. The van der Waals surface area contributed by atoms with Crippen molar-refractivity contribution in [3.63, 3.8) is 0 Å². The number of carbonyl (C=O) groups is 1. The normalized spacial score (nSPS) is 14.6. The van der Waals surface area contributed by atoms with E-state index < -0.39 is 5.97 Å². The summed E-state index contributed by atoms with van der Waals surface area (Å²) in [5.74, 6) is -0.608. The summed E-state index contributed by atoms with van der Waals surface area (Å²) in [6.07, 6.45) is 2.11. The second kappa shape index (κ2) is 4.47. The Morgan fingerprint density at radius 3 is 2.84 bits per heavy atom. The van der Waals surface area contributed by atoms with Crippen LogP contribution in [0.5, 0.6) is 0 Å². The molecule has 3 rings (SSSR count). The molecular weight excluding hydrogens is 246 g/mol. The number of carboxylic acids is 1. The molecule has 0 atom stereocenters. The SMILES string of the molecule is O=C(O)c1cccc(-n2nnc(CO)c2C2CC2)c1. The molecule has 2 aromatic rings. The number of benzene rings is 1. The molecule has 0 amide bonds. The molecule has 0 unspecified atom stereocenters. The van der Waals surface area contributed by atoms with E-state index in [2.05, 4.69) is 10.3 Å². The van der Waals surface area contributed by atoms with E-state index in [4.69, 9.17) is 5.11 Å². The predicted molar refractivity (Wildman–Crippen MR) is 66.2 cm³/mol. The largest absolute Gasteiger partial charge is 0.478 e. The predicted octanol–water partition coefficient (Wildman–Crippen LogP) is 1.34. The molecule has 2 N–H and O–H groups in total. The van der Waals surface area contributed by atoms with Crippen molar-refractivity contribution in [2.24, 2.45) is 0 Å². The maximum atomic E-state index is 11.0. The van der Waals surface area contributed by atoms with Crippen molar-refractivity contribution in [3.05, 3.63) is 41.2 Å². The van der Waals surface area contributed by atoms with E-state index >= 15 is 0 Å². The summed E-state index contributed by atoms with van der Waals surface area (Å²) in [5.41, 5.74) is 2.34. The molecule has 1 aliphatic rings. The number of aromatic nitrogens is 3. The molecule has 0 radical (unpaired) electrons. The van der Waals surface area contributed by atoms with Crippen molar-refractivity contribution in [3.8, 4) is 5.69 Å². The van der Waals surface area contributed by atoms with E-state index in [0.29, 0.717) is 17.3 Å². The van der Waals surface area contributed by atoms with Gasteiger partial charge in [-0.25, -0.2) is 9.48 Å². The lowest BCUT2D eigenvalue weighted by atomic mass is 10.2. The van der Waals surface area contributed by atoms with Gasteiger partial charge < -0.3 is 10.2 Å². The number of aliphatic hydroxyl groups is 1. The molecule has 1 aliphatic carbocycles. The lowest BCUT2D eigenvalue weighted by molar-refractivity contribution is 0.0697. The monoisotopic (exact) mass is 259 g/mol. The first-order valence-corrected chi connectivity index (χ1v) is 6.09. The minimum atomic E-state index is -0.975. The second-order valence-electron chi connectivity index (χ2n) is 4.62. The number of aliphatic hydroxyl groups excluding tert-OH is 1. The zero-order valence-electron chi connectivity index (χ0n) is 10.2. The third-order valence-electron chi connectivity index (χ3n) is 3.23. The fraction of sp³-hybridized carbons (Fsp3) is 0.308. The van der Waals surface area contributed by atoms with Crippen molar-refractivity contribution in [2.45, 2.75) is 25.4 Å². The second-order valence-corrected chi connectivity index (χ2v) is 4.62. The zero-order valence-corrected chi connectivity index (χ0v) is 10.2. The van der Waals surface area contributed by atoms with Crippen LogP contribution in [0.4, 0.5) is 0 Å². The van der Waals surface area contributed by atoms with E-state index in [1.165, 1.54) is 6.07 Å². The van der Waals surface area contributed by atoms with Gasteiger partial charge in [0.1, 0.15) is 5.69 Å². The molecule has 1 saturated carbocycles. The Kier molecular flexibility index (Phi) is 2.79. The summed E-state index contributed by atoms with van der Waals surface area (Å²) in [6, 6.07) is 6.56. The van der Waals surface area contributed by atoms with Gasteiger partial charge in [-0.2, -0.15) is 0 Å². The van der Waals surface area contributed by atoms with Gasteiger partial charge in [0.05, 0.1) is 23.6 Å². The molecule has 1 aromatic heterocycles. The molecule has 0 bridgehead atoms. The van der Waals surface area contributed by atoms with Gasteiger partial charge in [-0.05, 0) is 31.0 Å². The number of rotatable bonds is 4. The number of hydrogen-bond acceptors (Lipinski definition) is 4. The number of hydrogen-bond donors (Lipinski definition) is 2. The summed E-state index contributed by atoms with van der Waals surface area (Å²) in [4.78, 5) is 11.0. The summed E-state index contributed by atoms with van der Waals surface area (Å²) in [7, 11) is 0. The highest BCUT2D eigenvalue weighted by Gasteiger charge is 2.31. The van der Waals surface area contributed by atoms with Crippen molar-refractivity contribution in [1.29, 1.82) is 0 Å². The quantitative estimate of drug-likeness (QED) is 0.864. The molecule has 6 heteroatoms. The van der Waals surface area contributed by atoms with Gasteiger partial charge in [-0.3, -0.25) is 0 Å². The van der Waals surface area contributed by atoms with Crippen LogP contribution in [0.25, 0.3) is 5.69 Å². The van der Waals surface area contributed by atoms with Crippen LogP contribution in [-0.2, 0) is 6.61 Å². The van der Waals surface area contributed by atoms with Crippen LogP contribution < -0.4 is 0 Å². The highest BCUT2D eigenvalue weighted by atomic mass is 16.4. The van der Waals surface area contributed by atoms with E-state index in [-0.39, 0.29) is 12.2 Å². The molecule has 1 aromatic carbocycles. The maximum absolute atomic E-state index is 11.0. The van der Waals surface area contributed by atoms with Crippen molar-refractivity contribution in [2.75, 3.05) is 0 Å². The molecule has 0 aliphatic heterocycles. The molecular formula is C13H13N3O3. The smallest absolute Gasteiger partial charge is 0.335 e. The Hall–Kier alpha value is -2.21. The average molecular weight is 259 g/mol.